The molecule has 0 saturated carbocycles. The zero-order valence-electron chi connectivity index (χ0n) is 13.7. The number of para-hydroxylation sites is 1. The lowest BCUT2D eigenvalue weighted by Crippen LogP contribution is -2.15. The lowest BCUT2D eigenvalue weighted by Gasteiger charge is -2.09. The molecule has 2 heterocycles. The molecular weight excluding hydrogens is 372 g/mol. The summed E-state index contributed by atoms with van der Waals surface area (Å²) < 4.78 is 7.60. The van der Waals surface area contributed by atoms with Crippen molar-refractivity contribution in [3.63, 3.8) is 0 Å². The molecule has 1 N–H and O–H groups in total. The molecule has 0 unspecified atom stereocenters. The molecule has 2 aromatic heterocycles. The fourth-order valence-electron chi connectivity index (χ4n) is 2.02. The van der Waals surface area contributed by atoms with Crippen molar-refractivity contribution in [1.29, 1.82) is 0 Å². The second-order valence-corrected chi connectivity index (χ2v) is 6.76. The van der Waals surface area contributed by atoms with Crippen molar-refractivity contribution in [1.82, 2.24) is 25.0 Å². The molecule has 3 rings (SSSR count). The first-order valence-corrected chi connectivity index (χ1v) is 9.52. The summed E-state index contributed by atoms with van der Waals surface area (Å²) in [5.74, 6) is 1.43. The van der Waals surface area contributed by atoms with Gasteiger partial charge in [0.05, 0.1) is 5.75 Å². The number of anilines is 1. The van der Waals surface area contributed by atoms with Crippen LogP contribution in [0.2, 0.25) is 0 Å². The van der Waals surface area contributed by atoms with Crippen molar-refractivity contribution in [3.8, 4) is 5.75 Å². The zero-order valence-corrected chi connectivity index (χ0v) is 15.4. The average molecular weight is 388 g/mol. The van der Waals surface area contributed by atoms with E-state index in [1.165, 1.54) is 23.1 Å². The van der Waals surface area contributed by atoms with Crippen molar-refractivity contribution in [3.05, 3.63) is 54.3 Å². The number of amides is 1. The highest BCUT2D eigenvalue weighted by Crippen LogP contribution is 2.19. The number of thioether (sulfide) groups is 1. The Morgan fingerprint density at radius 3 is 2.88 bits per heavy atom. The summed E-state index contributed by atoms with van der Waals surface area (Å²) in [6, 6.07) is 9.49. The van der Waals surface area contributed by atoms with Crippen LogP contribution in [0.25, 0.3) is 0 Å². The summed E-state index contributed by atoms with van der Waals surface area (Å²) in [7, 11) is 0. The number of benzene rings is 1. The molecule has 10 heteroatoms. The number of rotatable bonds is 9. The molecule has 1 amide bonds. The molecule has 0 fully saturated rings. The van der Waals surface area contributed by atoms with Crippen LogP contribution in [0.4, 0.5) is 5.13 Å². The van der Waals surface area contributed by atoms with Crippen LogP contribution in [-0.2, 0) is 17.9 Å². The van der Waals surface area contributed by atoms with Crippen molar-refractivity contribution in [2.45, 2.75) is 18.3 Å². The van der Waals surface area contributed by atoms with Crippen molar-refractivity contribution < 1.29 is 9.53 Å². The van der Waals surface area contributed by atoms with Crippen LogP contribution in [-0.4, -0.2) is 36.6 Å². The van der Waals surface area contributed by atoms with Gasteiger partial charge >= 0.3 is 0 Å². The fourth-order valence-corrected chi connectivity index (χ4v) is 3.25. The van der Waals surface area contributed by atoms with Crippen LogP contribution in [0.5, 0.6) is 5.75 Å². The third-order valence-electron chi connectivity index (χ3n) is 3.16. The maximum absolute atomic E-state index is 12.0. The number of carbonyl (C=O) groups is 1. The van der Waals surface area contributed by atoms with Crippen LogP contribution in [0.1, 0.15) is 5.82 Å². The van der Waals surface area contributed by atoms with E-state index in [0.717, 1.165) is 5.75 Å². The quantitative estimate of drug-likeness (QED) is 0.445. The summed E-state index contributed by atoms with van der Waals surface area (Å²) >= 11 is 2.56. The summed E-state index contributed by atoms with van der Waals surface area (Å²) in [6.07, 6.45) is 1.75. The van der Waals surface area contributed by atoms with Gasteiger partial charge in [0, 0.05) is 6.54 Å². The topological polar surface area (TPSA) is 94.8 Å². The van der Waals surface area contributed by atoms with Crippen LogP contribution in [0.15, 0.2) is 53.7 Å². The highest BCUT2D eigenvalue weighted by Gasteiger charge is 2.14. The van der Waals surface area contributed by atoms with E-state index >= 15 is 0 Å². The Kier molecular flexibility index (Phi) is 6.34. The normalized spacial score (nSPS) is 10.5. The number of hydrogen-bond acceptors (Lipinski definition) is 8. The highest BCUT2D eigenvalue weighted by molar-refractivity contribution is 7.99. The molecule has 0 aliphatic carbocycles. The molecule has 0 bridgehead atoms. The van der Waals surface area contributed by atoms with Gasteiger partial charge in [-0.1, -0.05) is 47.4 Å². The van der Waals surface area contributed by atoms with Gasteiger partial charge in [0.1, 0.15) is 17.9 Å². The molecule has 1 aromatic carbocycles. The SMILES string of the molecule is C=CCn1c(COc2ccccc2)nnc1SCC(=O)Nc1nncs1. The molecule has 134 valence electrons. The third-order valence-corrected chi connectivity index (χ3v) is 4.73. The fraction of sp³-hybridized carbons (Fsp3) is 0.188. The Morgan fingerprint density at radius 1 is 1.31 bits per heavy atom. The van der Waals surface area contributed by atoms with Crippen molar-refractivity contribution in [2.75, 3.05) is 11.1 Å². The van der Waals surface area contributed by atoms with E-state index in [-0.39, 0.29) is 18.3 Å². The Labute approximate surface area is 158 Å². The third kappa shape index (κ3) is 4.90. The van der Waals surface area contributed by atoms with Gasteiger partial charge in [-0.3, -0.25) is 14.7 Å². The molecule has 8 nitrogen and oxygen atoms in total. The lowest BCUT2D eigenvalue weighted by atomic mass is 10.3. The van der Waals surface area contributed by atoms with Gasteiger partial charge in [-0.15, -0.1) is 27.0 Å². The molecule has 0 saturated heterocycles. The van der Waals surface area contributed by atoms with Crippen LogP contribution >= 0.6 is 23.1 Å². The maximum Gasteiger partial charge on any atom is 0.236 e. The van der Waals surface area contributed by atoms with Crippen LogP contribution < -0.4 is 10.1 Å². The second-order valence-electron chi connectivity index (χ2n) is 4.98. The Morgan fingerprint density at radius 2 is 2.15 bits per heavy atom. The van der Waals surface area contributed by atoms with Crippen LogP contribution in [0.3, 0.4) is 0 Å². The number of ether oxygens (including phenoxy) is 1. The van der Waals surface area contributed by atoms with E-state index in [1.807, 2.05) is 34.9 Å². The van der Waals surface area contributed by atoms with E-state index in [4.69, 9.17) is 4.74 Å². The van der Waals surface area contributed by atoms with Crippen LogP contribution in [0, 0.1) is 0 Å². The van der Waals surface area contributed by atoms with Gasteiger partial charge in [0.25, 0.3) is 0 Å². The summed E-state index contributed by atoms with van der Waals surface area (Å²) in [6.45, 7) is 4.57. The summed E-state index contributed by atoms with van der Waals surface area (Å²) in [4.78, 5) is 12.0. The predicted octanol–water partition coefficient (Wildman–Crippen LogP) is 2.63. The van der Waals surface area contributed by atoms with Gasteiger partial charge in [0.15, 0.2) is 11.0 Å². The van der Waals surface area contributed by atoms with E-state index in [0.29, 0.717) is 22.7 Å². The number of hydrogen-bond donors (Lipinski definition) is 1. The smallest absolute Gasteiger partial charge is 0.236 e. The van der Waals surface area contributed by atoms with Gasteiger partial charge in [-0.25, -0.2) is 0 Å². The van der Waals surface area contributed by atoms with Gasteiger partial charge < -0.3 is 4.74 Å². The zero-order chi connectivity index (χ0) is 18.2. The molecule has 0 aliphatic rings. The molecule has 3 aromatic rings. The average Bonchev–Trinajstić information content (AvgIpc) is 3.30. The Balaban J connectivity index is 1.60. The standard InChI is InChI=1S/C16H16N6O2S2/c1-2-8-22-13(9-24-12-6-4-3-5-7-12)19-21-16(22)25-10-14(23)18-15-20-17-11-26-15/h2-7,11H,1,8-10H2,(H,18,20,23). The summed E-state index contributed by atoms with van der Waals surface area (Å²) in [5.41, 5.74) is 1.56. The minimum absolute atomic E-state index is 0.179. The minimum Gasteiger partial charge on any atom is -0.486 e. The first-order valence-electron chi connectivity index (χ1n) is 7.66. The predicted molar refractivity (Wildman–Crippen MR) is 100 cm³/mol. The number of allylic oxidation sites excluding steroid dienone is 1. The molecule has 26 heavy (non-hydrogen) atoms. The molecule has 0 radical (unpaired) electrons. The Bertz CT molecular complexity index is 851. The number of nitrogens with zero attached hydrogens (tertiary/aromatic N) is 5. The highest BCUT2D eigenvalue weighted by atomic mass is 32.2. The Hall–Kier alpha value is -2.72. The molecule has 0 atom stereocenters. The summed E-state index contributed by atoms with van der Waals surface area (Å²) in [5, 5.41) is 19.6. The minimum atomic E-state index is -0.179. The second kappa shape index (κ2) is 9.11. The van der Waals surface area contributed by atoms with E-state index in [9.17, 15) is 4.79 Å². The van der Waals surface area contributed by atoms with Gasteiger partial charge in [-0.05, 0) is 12.1 Å². The lowest BCUT2D eigenvalue weighted by molar-refractivity contribution is -0.113. The number of nitrogens with one attached hydrogen (secondary N) is 1. The largest absolute Gasteiger partial charge is 0.486 e. The first kappa shape index (κ1) is 18.1. The molecular formula is C16H16N6O2S2. The van der Waals surface area contributed by atoms with Gasteiger partial charge in [-0.2, -0.15) is 0 Å². The van der Waals surface area contributed by atoms with Crippen molar-refractivity contribution in [2.24, 2.45) is 0 Å². The maximum atomic E-state index is 12.0. The van der Waals surface area contributed by atoms with E-state index in [1.54, 1.807) is 11.6 Å². The first-order chi connectivity index (χ1) is 12.8. The van der Waals surface area contributed by atoms with E-state index < -0.39 is 0 Å². The van der Waals surface area contributed by atoms with E-state index in [2.05, 4.69) is 32.3 Å². The van der Waals surface area contributed by atoms with Crippen molar-refractivity contribution >= 4 is 34.1 Å². The molecule has 0 spiro atoms. The number of aromatic nitrogens is 5. The van der Waals surface area contributed by atoms with Gasteiger partial charge in [0.2, 0.25) is 11.0 Å². The molecule has 0 aliphatic heterocycles. The monoisotopic (exact) mass is 388 g/mol. The number of carbonyl (C=O) groups excluding carboxylic acids is 1.